The molecule has 10 nitrogen and oxygen atoms in total. The number of nitrogen functional groups attached to an aromatic ring is 1. The predicted octanol–water partition coefficient (Wildman–Crippen LogP) is -0.533. The van der Waals surface area contributed by atoms with Gasteiger partial charge in [0.25, 0.3) is 5.91 Å². The second-order valence-corrected chi connectivity index (χ2v) is 6.29. The second-order valence-electron chi connectivity index (χ2n) is 6.29. The van der Waals surface area contributed by atoms with Crippen LogP contribution in [0.2, 0.25) is 0 Å². The van der Waals surface area contributed by atoms with Gasteiger partial charge >= 0.3 is 0 Å². The Hall–Kier alpha value is -2.27. The number of aliphatic hydroxyl groups excluding tert-OH is 2. The topological polar surface area (TPSA) is 159 Å². The molecule has 4 unspecified atom stereocenters. The van der Waals surface area contributed by atoms with E-state index < -0.39 is 30.4 Å². The molecular weight excluding hydrogens is 342 g/mol. The molecule has 0 radical (unpaired) electrons. The number of amides is 1. The van der Waals surface area contributed by atoms with Crippen LogP contribution in [0.1, 0.15) is 35.8 Å². The summed E-state index contributed by atoms with van der Waals surface area (Å²) >= 11 is 0. The van der Waals surface area contributed by atoms with Crippen LogP contribution in [0, 0.1) is 6.92 Å². The number of hydrogen-bond acceptors (Lipinski definition) is 8. The number of primary amides is 1. The van der Waals surface area contributed by atoms with Crippen molar-refractivity contribution < 1.29 is 24.5 Å². The summed E-state index contributed by atoms with van der Waals surface area (Å²) in [4.78, 5) is 20.2. The summed E-state index contributed by atoms with van der Waals surface area (Å²) in [5.41, 5.74) is 11.8. The monoisotopic (exact) mass is 365 g/mol. The SMILES string of the molecule is CCCOCC1OC(n2cc(C(N)=O)c3c(N)nc(C)nc32)C(O)C1O. The number of aromatic nitrogens is 3. The number of nitrogens with zero attached hydrogens (tertiary/aromatic N) is 3. The number of hydrogen-bond donors (Lipinski definition) is 4. The molecule has 1 aliphatic heterocycles. The van der Waals surface area contributed by atoms with E-state index in [9.17, 15) is 15.0 Å². The van der Waals surface area contributed by atoms with Gasteiger partial charge in [0.15, 0.2) is 6.23 Å². The van der Waals surface area contributed by atoms with E-state index in [1.54, 1.807) is 6.92 Å². The summed E-state index contributed by atoms with van der Waals surface area (Å²) in [6.45, 7) is 4.28. The first-order valence-electron chi connectivity index (χ1n) is 8.39. The molecule has 142 valence electrons. The maximum atomic E-state index is 11.8. The number of fused-ring (bicyclic) bond motifs is 1. The summed E-state index contributed by atoms with van der Waals surface area (Å²) < 4.78 is 12.7. The summed E-state index contributed by atoms with van der Waals surface area (Å²) in [5, 5.41) is 21.0. The summed E-state index contributed by atoms with van der Waals surface area (Å²) in [7, 11) is 0. The highest BCUT2D eigenvalue weighted by Gasteiger charge is 2.44. The largest absolute Gasteiger partial charge is 0.387 e. The summed E-state index contributed by atoms with van der Waals surface area (Å²) in [5.74, 6) is -0.207. The second kappa shape index (κ2) is 7.16. The van der Waals surface area contributed by atoms with Crippen LogP contribution in [0.25, 0.3) is 11.0 Å². The molecule has 1 fully saturated rings. The van der Waals surface area contributed by atoms with E-state index in [2.05, 4.69) is 9.97 Å². The molecule has 0 aliphatic carbocycles. The van der Waals surface area contributed by atoms with Crippen LogP contribution in [-0.2, 0) is 9.47 Å². The number of carbonyl (C=O) groups is 1. The smallest absolute Gasteiger partial charge is 0.251 e. The standard InChI is InChI=1S/C16H23N5O5/c1-3-4-25-6-9-11(22)12(23)16(26-9)21-5-8(14(18)24)10-13(17)19-7(2)20-15(10)21/h5,9,11-12,16,22-23H,3-4,6H2,1-2H3,(H2,18,24)(H2,17,19,20). The lowest BCUT2D eigenvalue weighted by Gasteiger charge is -2.17. The molecule has 1 amide bonds. The molecule has 1 saturated heterocycles. The van der Waals surface area contributed by atoms with E-state index in [1.807, 2.05) is 6.92 Å². The molecule has 0 spiro atoms. The zero-order valence-corrected chi connectivity index (χ0v) is 14.6. The van der Waals surface area contributed by atoms with Crippen molar-refractivity contribution in [1.29, 1.82) is 0 Å². The lowest BCUT2D eigenvalue weighted by atomic mass is 10.1. The van der Waals surface area contributed by atoms with E-state index in [-0.39, 0.29) is 18.0 Å². The van der Waals surface area contributed by atoms with E-state index in [1.165, 1.54) is 10.8 Å². The van der Waals surface area contributed by atoms with Crippen LogP contribution < -0.4 is 11.5 Å². The van der Waals surface area contributed by atoms with Crippen molar-refractivity contribution in [3.8, 4) is 0 Å². The van der Waals surface area contributed by atoms with Crippen molar-refractivity contribution in [1.82, 2.24) is 14.5 Å². The molecule has 1 aliphatic rings. The zero-order valence-electron chi connectivity index (χ0n) is 14.6. The fourth-order valence-corrected chi connectivity index (χ4v) is 3.11. The molecule has 2 aromatic rings. The highest BCUT2D eigenvalue weighted by atomic mass is 16.6. The van der Waals surface area contributed by atoms with E-state index in [0.29, 0.717) is 23.5 Å². The Morgan fingerprint density at radius 1 is 1.38 bits per heavy atom. The lowest BCUT2D eigenvalue weighted by molar-refractivity contribution is -0.0651. The maximum Gasteiger partial charge on any atom is 0.251 e. The molecule has 6 N–H and O–H groups in total. The number of aryl methyl sites for hydroxylation is 1. The first-order valence-corrected chi connectivity index (χ1v) is 8.39. The van der Waals surface area contributed by atoms with Crippen molar-refractivity contribution in [3.05, 3.63) is 17.6 Å². The number of aliphatic hydroxyl groups is 2. The minimum atomic E-state index is -1.24. The van der Waals surface area contributed by atoms with Gasteiger partial charge in [0.2, 0.25) is 0 Å². The first kappa shape index (κ1) is 18.5. The fourth-order valence-electron chi connectivity index (χ4n) is 3.11. The van der Waals surface area contributed by atoms with Crippen molar-refractivity contribution in [2.75, 3.05) is 18.9 Å². The molecule has 2 aromatic heterocycles. The Bertz CT molecular complexity index is 823. The van der Waals surface area contributed by atoms with Gasteiger partial charge < -0.3 is 35.7 Å². The van der Waals surface area contributed by atoms with Gasteiger partial charge in [0.1, 0.15) is 35.6 Å². The van der Waals surface area contributed by atoms with Gasteiger partial charge in [-0.1, -0.05) is 6.92 Å². The van der Waals surface area contributed by atoms with Crippen molar-refractivity contribution in [3.63, 3.8) is 0 Å². The predicted molar refractivity (Wildman–Crippen MR) is 92.2 cm³/mol. The molecule has 10 heteroatoms. The lowest BCUT2D eigenvalue weighted by Crippen LogP contribution is -2.33. The number of ether oxygens (including phenoxy) is 2. The third-order valence-electron chi connectivity index (χ3n) is 4.32. The third-order valence-corrected chi connectivity index (χ3v) is 4.32. The Labute approximate surface area is 149 Å². The quantitative estimate of drug-likeness (QED) is 0.497. The van der Waals surface area contributed by atoms with Gasteiger partial charge in [0.05, 0.1) is 17.6 Å². The zero-order chi connectivity index (χ0) is 19.0. The normalized spacial score (nSPS) is 25.8. The van der Waals surface area contributed by atoms with Crippen LogP contribution in [0.15, 0.2) is 6.20 Å². The Morgan fingerprint density at radius 2 is 2.12 bits per heavy atom. The summed E-state index contributed by atoms with van der Waals surface area (Å²) in [6.07, 6.45) is -1.83. The number of anilines is 1. The highest BCUT2D eigenvalue weighted by Crippen LogP contribution is 2.34. The average molecular weight is 365 g/mol. The number of rotatable bonds is 6. The Balaban J connectivity index is 2.01. The van der Waals surface area contributed by atoms with E-state index in [0.717, 1.165) is 6.42 Å². The van der Waals surface area contributed by atoms with Gasteiger partial charge in [-0.25, -0.2) is 9.97 Å². The van der Waals surface area contributed by atoms with Gasteiger partial charge in [-0.2, -0.15) is 0 Å². The molecular formula is C16H23N5O5. The molecule has 0 saturated carbocycles. The minimum Gasteiger partial charge on any atom is -0.387 e. The first-order chi connectivity index (χ1) is 12.3. The van der Waals surface area contributed by atoms with Crippen molar-refractivity contribution in [2.24, 2.45) is 5.73 Å². The summed E-state index contributed by atoms with van der Waals surface area (Å²) in [6, 6.07) is 0. The molecule has 26 heavy (non-hydrogen) atoms. The van der Waals surface area contributed by atoms with Crippen molar-refractivity contribution in [2.45, 2.75) is 44.8 Å². The fraction of sp³-hybridized carbons (Fsp3) is 0.562. The molecule has 0 bridgehead atoms. The van der Waals surface area contributed by atoms with E-state index in [4.69, 9.17) is 20.9 Å². The van der Waals surface area contributed by atoms with Crippen LogP contribution in [0.4, 0.5) is 5.82 Å². The van der Waals surface area contributed by atoms with Gasteiger partial charge in [0, 0.05) is 12.8 Å². The molecule has 4 atom stereocenters. The van der Waals surface area contributed by atoms with Crippen LogP contribution in [0.3, 0.4) is 0 Å². The van der Waals surface area contributed by atoms with Gasteiger partial charge in [-0.3, -0.25) is 4.79 Å². The van der Waals surface area contributed by atoms with Crippen LogP contribution in [-0.4, -0.2) is 62.2 Å². The molecule has 3 heterocycles. The maximum absolute atomic E-state index is 11.8. The van der Waals surface area contributed by atoms with Gasteiger partial charge in [-0.05, 0) is 13.3 Å². The number of carbonyl (C=O) groups excluding carboxylic acids is 1. The Kier molecular flexibility index (Phi) is 5.10. The van der Waals surface area contributed by atoms with E-state index >= 15 is 0 Å². The van der Waals surface area contributed by atoms with Crippen LogP contribution in [0.5, 0.6) is 0 Å². The van der Waals surface area contributed by atoms with Crippen LogP contribution >= 0.6 is 0 Å². The van der Waals surface area contributed by atoms with Gasteiger partial charge in [-0.15, -0.1) is 0 Å². The Morgan fingerprint density at radius 3 is 2.77 bits per heavy atom. The molecule has 3 rings (SSSR count). The van der Waals surface area contributed by atoms with Crippen molar-refractivity contribution >= 4 is 22.8 Å². The average Bonchev–Trinajstić information content (AvgIpc) is 3.08. The third kappa shape index (κ3) is 3.12. The highest BCUT2D eigenvalue weighted by molar-refractivity contribution is 6.08. The number of nitrogens with two attached hydrogens (primary N) is 2. The molecule has 0 aromatic carbocycles. The minimum absolute atomic E-state index is 0.107.